The lowest BCUT2D eigenvalue weighted by molar-refractivity contribution is -0.117. The summed E-state index contributed by atoms with van der Waals surface area (Å²) >= 11 is 0. The average Bonchev–Trinajstić information content (AvgIpc) is 3.15. The van der Waals surface area contributed by atoms with Crippen molar-refractivity contribution in [1.82, 2.24) is 5.32 Å². The molecule has 0 radical (unpaired) electrons. The maximum atomic E-state index is 12.1. The van der Waals surface area contributed by atoms with Gasteiger partial charge in [-0.2, -0.15) is 5.26 Å². The molecule has 1 saturated carbocycles. The van der Waals surface area contributed by atoms with Crippen molar-refractivity contribution in [2.24, 2.45) is 5.92 Å². The molecule has 2 atom stereocenters. The van der Waals surface area contributed by atoms with Crippen LogP contribution in [0.15, 0.2) is 52.5 Å². The molecule has 0 spiro atoms. The van der Waals surface area contributed by atoms with E-state index in [0.29, 0.717) is 24.1 Å². The van der Waals surface area contributed by atoms with Crippen molar-refractivity contribution in [2.75, 3.05) is 6.54 Å². The van der Waals surface area contributed by atoms with Gasteiger partial charge in [0.25, 0.3) is 5.91 Å². The lowest BCUT2D eigenvalue weighted by Crippen LogP contribution is -2.26. The minimum atomic E-state index is -0.369. The SMILES string of the molecule is C[C@@H]1C[C@H]1c1ccc(/C=C(\C#N)C(=O)NCCc2ccccc2)o1. The van der Waals surface area contributed by atoms with Crippen LogP contribution in [0.3, 0.4) is 0 Å². The number of furan rings is 1. The minimum absolute atomic E-state index is 0.0628. The van der Waals surface area contributed by atoms with Crippen LogP contribution in [-0.4, -0.2) is 12.5 Å². The summed E-state index contributed by atoms with van der Waals surface area (Å²) in [4.78, 5) is 12.1. The normalized spacial score (nSPS) is 19.6. The molecule has 0 bridgehead atoms. The molecule has 0 aliphatic heterocycles. The number of carbonyl (C=O) groups excluding carboxylic acids is 1. The first kappa shape index (κ1) is 16.1. The number of rotatable bonds is 6. The number of nitriles is 1. The summed E-state index contributed by atoms with van der Waals surface area (Å²) in [6.45, 7) is 2.68. The van der Waals surface area contributed by atoms with Gasteiger partial charge in [-0.25, -0.2) is 0 Å². The van der Waals surface area contributed by atoms with Crippen molar-refractivity contribution in [3.05, 3.63) is 65.1 Å². The highest BCUT2D eigenvalue weighted by molar-refractivity contribution is 6.01. The number of hydrogen-bond donors (Lipinski definition) is 1. The summed E-state index contributed by atoms with van der Waals surface area (Å²) in [5.41, 5.74) is 1.21. The fourth-order valence-corrected chi connectivity index (χ4v) is 2.71. The molecule has 1 fully saturated rings. The Kier molecular flexibility index (Phi) is 4.81. The number of amides is 1. The Morgan fingerprint density at radius 1 is 1.33 bits per heavy atom. The van der Waals surface area contributed by atoms with Crippen LogP contribution < -0.4 is 5.32 Å². The van der Waals surface area contributed by atoms with Crippen molar-refractivity contribution < 1.29 is 9.21 Å². The minimum Gasteiger partial charge on any atom is -0.461 e. The summed E-state index contributed by atoms with van der Waals surface area (Å²) in [6, 6.07) is 15.6. The number of hydrogen-bond acceptors (Lipinski definition) is 3. The van der Waals surface area contributed by atoms with Crippen molar-refractivity contribution in [3.8, 4) is 6.07 Å². The van der Waals surface area contributed by atoms with Crippen LogP contribution >= 0.6 is 0 Å². The van der Waals surface area contributed by atoms with Gasteiger partial charge >= 0.3 is 0 Å². The molecule has 1 aromatic heterocycles. The summed E-state index contributed by atoms with van der Waals surface area (Å²) in [6.07, 6.45) is 3.38. The van der Waals surface area contributed by atoms with Crippen molar-refractivity contribution >= 4 is 12.0 Å². The first-order valence-corrected chi connectivity index (χ1v) is 8.21. The Bertz CT molecular complexity index is 783. The van der Waals surface area contributed by atoms with E-state index in [1.807, 2.05) is 48.5 Å². The summed E-state index contributed by atoms with van der Waals surface area (Å²) in [5.74, 6) is 2.27. The first-order chi connectivity index (χ1) is 11.7. The van der Waals surface area contributed by atoms with Crippen LogP contribution in [-0.2, 0) is 11.2 Å². The molecule has 1 aliphatic carbocycles. The maximum Gasteiger partial charge on any atom is 0.262 e. The second-order valence-electron chi connectivity index (χ2n) is 6.22. The van der Waals surface area contributed by atoms with E-state index in [2.05, 4.69) is 12.2 Å². The Labute approximate surface area is 141 Å². The number of carbonyl (C=O) groups is 1. The largest absolute Gasteiger partial charge is 0.461 e. The highest BCUT2D eigenvalue weighted by atomic mass is 16.3. The molecule has 1 aromatic carbocycles. The molecule has 122 valence electrons. The van der Waals surface area contributed by atoms with Gasteiger partial charge in [-0.05, 0) is 36.5 Å². The maximum absolute atomic E-state index is 12.1. The van der Waals surface area contributed by atoms with Gasteiger partial charge < -0.3 is 9.73 Å². The molecular formula is C20H20N2O2. The Balaban J connectivity index is 1.57. The lowest BCUT2D eigenvalue weighted by atomic mass is 10.1. The molecular weight excluding hydrogens is 300 g/mol. The zero-order chi connectivity index (χ0) is 16.9. The Hall–Kier alpha value is -2.80. The van der Waals surface area contributed by atoms with Gasteiger partial charge in [0.15, 0.2) is 0 Å². The van der Waals surface area contributed by atoms with Crippen molar-refractivity contribution in [2.45, 2.75) is 25.7 Å². The summed E-state index contributed by atoms with van der Waals surface area (Å²) in [5, 5.41) is 12.0. The van der Waals surface area contributed by atoms with E-state index in [4.69, 9.17) is 4.42 Å². The Morgan fingerprint density at radius 2 is 2.08 bits per heavy atom. The van der Waals surface area contributed by atoms with Gasteiger partial charge in [0.1, 0.15) is 23.2 Å². The van der Waals surface area contributed by atoms with E-state index in [1.165, 1.54) is 6.08 Å². The van der Waals surface area contributed by atoms with E-state index in [-0.39, 0.29) is 11.5 Å². The van der Waals surface area contributed by atoms with Crippen LogP contribution in [0, 0.1) is 17.2 Å². The quantitative estimate of drug-likeness (QED) is 0.652. The summed E-state index contributed by atoms with van der Waals surface area (Å²) in [7, 11) is 0. The second kappa shape index (κ2) is 7.18. The number of benzene rings is 1. The van der Waals surface area contributed by atoms with E-state index < -0.39 is 0 Å². The van der Waals surface area contributed by atoms with Crippen LogP contribution in [0.1, 0.15) is 36.3 Å². The van der Waals surface area contributed by atoms with Crippen LogP contribution in [0.25, 0.3) is 6.08 Å². The van der Waals surface area contributed by atoms with Gasteiger partial charge in [0, 0.05) is 18.5 Å². The third-order valence-corrected chi connectivity index (χ3v) is 4.32. The standard InChI is InChI=1S/C20H20N2O2/c1-14-11-18(14)19-8-7-17(24-19)12-16(13-21)20(23)22-10-9-15-5-3-2-4-6-15/h2-8,12,14,18H,9-11H2,1H3,(H,22,23)/b16-12+/t14-,18-/m1/s1. The van der Waals surface area contributed by atoms with E-state index >= 15 is 0 Å². The highest BCUT2D eigenvalue weighted by Crippen LogP contribution is 2.47. The van der Waals surface area contributed by atoms with Crippen LogP contribution in [0.2, 0.25) is 0 Å². The molecule has 4 nitrogen and oxygen atoms in total. The zero-order valence-corrected chi connectivity index (χ0v) is 13.7. The topological polar surface area (TPSA) is 66.0 Å². The lowest BCUT2D eigenvalue weighted by Gasteiger charge is -2.04. The van der Waals surface area contributed by atoms with E-state index in [1.54, 1.807) is 0 Å². The van der Waals surface area contributed by atoms with Gasteiger partial charge in [-0.15, -0.1) is 0 Å². The molecule has 1 amide bonds. The molecule has 1 heterocycles. The predicted molar refractivity (Wildman–Crippen MR) is 92.0 cm³/mol. The molecule has 4 heteroatoms. The monoisotopic (exact) mass is 320 g/mol. The molecule has 1 aliphatic rings. The van der Waals surface area contributed by atoms with Gasteiger partial charge in [-0.1, -0.05) is 37.3 Å². The zero-order valence-electron chi connectivity index (χ0n) is 13.7. The first-order valence-electron chi connectivity index (χ1n) is 8.21. The fraction of sp³-hybridized carbons (Fsp3) is 0.300. The molecule has 2 aromatic rings. The van der Waals surface area contributed by atoms with Crippen molar-refractivity contribution in [3.63, 3.8) is 0 Å². The number of nitrogens with zero attached hydrogens (tertiary/aromatic N) is 1. The van der Waals surface area contributed by atoms with Gasteiger partial charge in [-0.3, -0.25) is 4.79 Å². The third kappa shape index (κ3) is 3.94. The smallest absolute Gasteiger partial charge is 0.262 e. The molecule has 0 unspecified atom stereocenters. The van der Waals surface area contributed by atoms with Crippen molar-refractivity contribution in [1.29, 1.82) is 5.26 Å². The molecule has 1 N–H and O–H groups in total. The molecule has 0 saturated heterocycles. The van der Waals surface area contributed by atoms with E-state index in [9.17, 15) is 10.1 Å². The van der Waals surface area contributed by atoms with Crippen LogP contribution in [0.4, 0.5) is 0 Å². The molecule has 3 rings (SSSR count). The Morgan fingerprint density at radius 3 is 2.75 bits per heavy atom. The van der Waals surface area contributed by atoms with Gasteiger partial charge in [0.05, 0.1) is 0 Å². The van der Waals surface area contributed by atoms with Crippen LogP contribution in [0.5, 0.6) is 0 Å². The average molecular weight is 320 g/mol. The predicted octanol–water partition coefficient (Wildman–Crippen LogP) is 3.67. The highest BCUT2D eigenvalue weighted by Gasteiger charge is 2.36. The van der Waals surface area contributed by atoms with E-state index in [0.717, 1.165) is 24.2 Å². The van der Waals surface area contributed by atoms with Gasteiger partial charge in [0.2, 0.25) is 0 Å². The third-order valence-electron chi connectivity index (χ3n) is 4.32. The fourth-order valence-electron chi connectivity index (χ4n) is 2.71. The molecule has 24 heavy (non-hydrogen) atoms. The second-order valence-corrected chi connectivity index (χ2v) is 6.22. The summed E-state index contributed by atoms with van der Waals surface area (Å²) < 4.78 is 5.73. The number of nitrogens with one attached hydrogen (secondary N) is 1.